The number of aromatic nitrogens is 2. The molecule has 1 aliphatic heterocycles. The minimum Gasteiger partial charge on any atom is -0.477 e. The van der Waals surface area contributed by atoms with Gasteiger partial charge in [0.25, 0.3) is 5.91 Å². The average molecular weight is 344 g/mol. The van der Waals surface area contributed by atoms with Crippen molar-refractivity contribution in [1.29, 1.82) is 0 Å². The van der Waals surface area contributed by atoms with Crippen LogP contribution in [-0.4, -0.2) is 54.2 Å². The summed E-state index contributed by atoms with van der Waals surface area (Å²) in [6, 6.07) is 7.75. The smallest absolute Gasteiger partial charge is 0.265 e. The Morgan fingerprint density at radius 1 is 1.40 bits per heavy atom. The fourth-order valence-corrected chi connectivity index (χ4v) is 2.77. The van der Waals surface area contributed by atoms with E-state index in [9.17, 15) is 4.79 Å². The highest BCUT2D eigenvalue weighted by molar-refractivity contribution is 5.83. The Morgan fingerprint density at radius 2 is 2.16 bits per heavy atom. The number of para-hydroxylation sites is 2. The number of hydrogen-bond acceptors (Lipinski definition) is 6. The molecule has 1 aromatic heterocycles. The second-order valence-corrected chi connectivity index (χ2v) is 6.67. The molecule has 0 radical (unpaired) electrons. The third-order valence-electron chi connectivity index (χ3n) is 4.29. The molecule has 1 aliphatic rings. The maximum atomic E-state index is 12.7. The molecule has 3 rings (SSSR count). The lowest BCUT2D eigenvalue weighted by Gasteiger charge is -2.34. The Morgan fingerprint density at radius 3 is 2.88 bits per heavy atom. The van der Waals surface area contributed by atoms with Gasteiger partial charge in [-0.15, -0.1) is 0 Å². The maximum absolute atomic E-state index is 12.7. The molecule has 25 heavy (non-hydrogen) atoms. The summed E-state index contributed by atoms with van der Waals surface area (Å²) in [4.78, 5) is 20.7. The summed E-state index contributed by atoms with van der Waals surface area (Å²) in [5, 5.41) is 3.96. The third kappa shape index (κ3) is 3.75. The van der Waals surface area contributed by atoms with Crippen molar-refractivity contribution in [2.24, 2.45) is 0 Å². The molecule has 0 bridgehead atoms. The van der Waals surface area contributed by atoms with Crippen LogP contribution in [0.4, 0.5) is 5.69 Å². The van der Waals surface area contributed by atoms with Gasteiger partial charge in [-0.2, -0.15) is 4.98 Å². The largest absolute Gasteiger partial charge is 0.477 e. The molecular weight excluding hydrogens is 320 g/mol. The SMILES string of the molecule is CC(C)c1nc(CCN(C)C(=O)C2CN(C)c3ccccc3O2)no1. The van der Waals surface area contributed by atoms with Crippen LogP contribution in [0, 0.1) is 0 Å². The molecule has 7 heteroatoms. The number of anilines is 1. The number of carbonyl (C=O) groups is 1. The van der Waals surface area contributed by atoms with Crippen LogP contribution in [-0.2, 0) is 11.2 Å². The Kier molecular flexibility index (Phi) is 4.92. The predicted molar refractivity (Wildman–Crippen MR) is 93.9 cm³/mol. The highest BCUT2D eigenvalue weighted by atomic mass is 16.5. The molecule has 7 nitrogen and oxygen atoms in total. The van der Waals surface area contributed by atoms with E-state index in [1.54, 1.807) is 11.9 Å². The minimum absolute atomic E-state index is 0.0473. The maximum Gasteiger partial charge on any atom is 0.265 e. The van der Waals surface area contributed by atoms with Gasteiger partial charge in [0.15, 0.2) is 11.9 Å². The molecule has 0 fully saturated rings. The summed E-state index contributed by atoms with van der Waals surface area (Å²) >= 11 is 0. The molecule has 0 spiro atoms. The molecule has 0 saturated carbocycles. The normalized spacial score (nSPS) is 16.5. The lowest BCUT2D eigenvalue weighted by Crippen LogP contribution is -2.48. The molecule has 0 aliphatic carbocycles. The fourth-order valence-electron chi connectivity index (χ4n) is 2.77. The average Bonchev–Trinajstić information content (AvgIpc) is 3.08. The summed E-state index contributed by atoms with van der Waals surface area (Å²) < 4.78 is 11.1. The summed E-state index contributed by atoms with van der Waals surface area (Å²) in [6.07, 6.45) is 0.0406. The van der Waals surface area contributed by atoms with Crippen LogP contribution in [0.1, 0.15) is 31.5 Å². The topological polar surface area (TPSA) is 71.7 Å². The van der Waals surface area contributed by atoms with Crippen LogP contribution >= 0.6 is 0 Å². The van der Waals surface area contributed by atoms with Crippen molar-refractivity contribution in [1.82, 2.24) is 15.0 Å². The summed E-state index contributed by atoms with van der Waals surface area (Å²) in [5.41, 5.74) is 1.00. The number of amides is 1. The van der Waals surface area contributed by atoms with Crippen LogP contribution in [0.5, 0.6) is 5.75 Å². The van der Waals surface area contributed by atoms with Crippen LogP contribution in [0.2, 0.25) is 0 Å². The monoisotopic (exact) mass is 344 g/mol. The number of hydrogen-bond donors (Lipinski definition) is 0. The predicted octanol–water partition coefficient (Wildman–Crippen LogP) is 2.09. The Bertz CT molecular complexity index is 743. The van der Waals surface area contributed by atoms with Gasteiger partial charge in [-0.1, -0.05) is 31.1 Å². The second-order valence-electron chi connectivity index (χ2n) is 6.67. The minimum atomic E-state index is -0.513. The first-order valence-electron chi connectivity index (χ1n) is 8.50. The zero-order valence-corrected chi connectivity index (χ0v) is 15.1. The van der Waals surface area contributed by atoms with E-state index in [2.05, 4.69) is 10.1 Å². The molecule has 134 valence electrons. The van der Waals surface area contributed by atoms with Gasteiger partial charge in [-0.25, -0.2) is 0 Å². The number of ether oxygens (including phenoxy) is 1. The van der Waals surface area contributed by atoms with Crippen LogP contribution in [0.3, 0.4) is 0 Å². The van der Waals surface area contributed by atoms with Crippen molar-refractivity contribution < 1.29 is 14.1 Å². The van der Waals surface area contributed by atoms with Gasteiger partial charge in [0, 0.05) is 33.0 Å². The van der Waals surface area contributed by atoms with E-state index in [1.807, 2.05) is 50.1 Å². The lowest BCUT2D eigenvalue weighted by atomic mass is 10.2. The fraction of sp³-hybridized carbons (Fsp3) is 0.500. The molecule has 1 unspecified atom stereocenters. The number of rotatable bonds is 5. The molecule has 1 atom stereocenters. The Labute approximate surface area is 147 Å². The first-order valence-corrected chi connectivity index (χ1v) is 8.50. The third-order valence-corrected chi connectivity index (χ3v) is 4.29. The number of benzene rings is 1. The van der Waals surface area contributed by atoms with Crippen molar-refractivity contribution in [2.45, 2.75) is 32.3 Å². The van der Waals surface area contributed by atoms with Crippen LogP contribution < -0.4 is 9.64 Å². The van der Waals surface area contributed by atoms with Gasteiger partial charge in [0.2, 0.25) is 5.89 Å². The molecule has 0 N–H and O–H groups in total. The molecule has 0 saturated heterocycles. The van der Waals surface area contributed by atoms with Gasteiger partial charge in [0.1, 0.15) is 5.75 Å². The van der Waals surface area contributed by atoms with E-state index in [0.29, 0.717) is 31.2 Å². The zero-order valence-electron chi connectivity index (χ0n) is 15.1. The van der Waals surface area contributed by atoms with Crippen molar-refractivity contribution in [2.75, 3.05) is 32.1 Å². The Balaban J connectivity index is 1.59. The first-order chi connectivity index (χ1) is 12.0. The van der Waals surface area contributed by atoms with E-state index in [4.69, 9.17) is 9.26 Å². The summed E-state index contributed by atoms with van der Waals surface area (Å²) in [6.45, 7) is 5.05. The second kappa shape index (κ2) is 7.13. The molecule has 2 heterocycles. The van der Waals surface area contributed by atoms with Gasteiger partial charge in [0.05, 0.1) is 12.2 Å². The molecular formula is C18H24N4O3. The quantitative estimate of drug-likeness (QED) is 0.827. The molecule has 2 aromatic rings. The molecule has 1 aromatic carbocycles. The van der Waals surface area contributed by atoms with E-state index < -0.39 is 6.10 Å². The number of fused-ring (bicyclic) bond motifs is 1. The van der Waals surface area contributed by atoms with E-state index >= 15 is 0 Å². The number of carbonyl (C=O) groups excluding carboxylic acids is 1. The van der Waals surface area contributed by atoms with Crippen LogP contribution in [0.15, 0.2) is 28.8 Å². The summed E-state index contributed by atoms with van der Waals surface area (Å²) in [7, 11) is 3.74. The van der Waals surface area contributed by atoms with E-state index in [-0.39, 0.29) is 11.8 Å². The van der Waals surface area contributed by atoms with Gasteiger partial charge in [-0.3, -0.25) is 4.79 Å². The van der Waals surface area contributed by atoms with Crippen molar-refractivity contribution in [3.8, 4) is 5.75 Å². The van der Waals surface area contributed by atoms with Crippen LogP contribution in [0.25, 0.3) is 0 Å². The van der Waals surface area contributed by atoms with Crippen molar-refractivity contribution in [3.63, 3.8) is 0 Å². The van der Waals surface area contributed by atoms with Gasteiger partial charge < -0.3 is 19.1 Å². The van der Waals surface area contributed by atoms with Crippen molar-refractivity contribution in [3.05, 3.63) is 36.0 Å². The van der Waals surface area contributed by atoms with Crippen molar-refractivity contribution >= 4 is 11.6 Å². The first kappa shape index (κ1) is 17.3. The number of likely N-dealkylation sites (N-methyl/N-ethyl adjacent to an activating group) is 2. The zero-order chi connectivity index (χ0) is 18.0. The molecule has 1 amide bonds. The summed E-state index contributed by atoms with van der Waals surface area (Å²) in [5.74, 6) is 2.14. The Hall–Kier alpha value is -2.57. The highest BCUT2D eigenvalue weighted by Crippen LogP contribution is 2.32. The standard InChI is InChI=1S/C18H24N4O3/c1-12(2)17-19-16(20-25-17)9-10-21(3)18(23)15-11-22(4)13-7-5-6-8-14(13)24-15/h5-8,12,15H,9-11H2,1-4H3. The highest BCUT2D eigenvalue weighted by Gasteiger charge is 2.30. The van der Waals surface area contributed by atoms with E-state index in [1.165, 1.54) is 0 Å². The van der Waals surface area contributed by atoms with Gasteiger partial charge >= 0.3 is 0 Å². The van der Waals surface area contributed by atoms with E-state index in [0.717, 1.165) is 11.4 Å². The van der Waals surface area contributed by atoms with Gasteiger partial charge in [-0.05, 0) is 12.1 Å². The number of nitrogens with zero attached hydrogens (tertiary/aromatic N) is 4. The lowest BCUT2D eigenvalue weighted by molar-refractivity contribution is -0.137.